The summed E-state index contributed by atoms with van der Waals surface area (Å²) in [7, 11) is 0. The summed E-state index contributed by atoms with van der Waals surface area (Å²) in [6.45, 7) is 1.78. The van der Waals surface area contributed by atoms with Crippen molar-refractivity contribution in [1.82, 2.24) is 0 Å². The van der Waals surface area contributed by atoms with Gasteiger partial charge in [-0.1, -0.05) is 23.2 Å². The van der Waals surface area contributed by atoms with Gasteiger partial charge < -0.3 is 15.7 Å². The highest BCUT2D eigenvalue weighted by Gasteiger charge is 2.15. The van der Waals surface area contributed by atoms with Crippen LogP contribution in [0.25, 0.3) is 0 Å². The summed E-state index contributed by atoms with van der Waals surface area (Å²) in [6, 6.07) is 11.8. The van der Waals surface area contributed by atoms with E-state index >= 15 is 0 Å². The van der Waals surface area contributed by atoms with Gasteiger partial charge in [0.1, 0.15) is 0 Å². The Hall–Kier alpha value is -2.22. The maximum atomic E-state index is 12.3. The van der Waals surface area contributed by atoms with Gasteiger partial charge in [0.15, 0.2) is 0 Å². The summed E-state index contributed by atoms with van der Waals surface area (Å²) in [4.78, 5) is 35.3. The molecule has 0 aliphatic rings. The van der Waals surface area contributed by atoms with Gasteiger partial charge >= 0.3 is 5.97 Å². The Bertz CT molecular complexity index is 875. The smallest absolute Gasteiger partial charge is 0.303 e. The van der Waals surface area contributed by atoms with Crippen molar-refractivity contribution < 1.29 is 19.5 Å². The van der Waals surface area contributed by atoms with Gasteiger partial charge in [-0.15, -0.1) is 11.8 Å². The molecule has 2 amide bonds. The monoisotopic (exact) mass is 440 g/mol. The van der Waals surface area contributed by atoms with Crippen molar-refractivity contribution in [3.05, 3.63) is 52.5 Å². The molecule has 6 nitrogen and oxygen atoms in total. The number of amides is 2. The number of benzene rings is 2. The predicted octanol–water partition coefficient (Wildman–Crippen LogP) is 4.92. The Morgan fingerprint density at radius 3 is 2.21 bits per heavy atom. The highest BCUT2D eigenvalue weighted by Crippen LogP contribution is 2.28. The summed E-state index contributed by atoms with van der Waals surface area (Å²) in [5.41, 5.74) is 1.12. The Balaban J connectivity index is 1.88. The van der Waals surface area contributed by atoms with Gasteiger partial charge in [-0.2, -0.15) is 0 Å². The molecule has 0 aromatic heterocycles. The summed E-state index contributed by atoms with van der Waals surface area (Å²) in [5, 5.41) is 14.4. The SMILES string of the molecule is CC(Sc1ccc(NC(=O)CCC(=O)O)cc1)C(=O)Nc1ccc(Cl)c(Cl)c1. The quantitative estimate of drug-likeness (QED) is 0.506. The fraction of sp³-hybridized carbons (Fsp3) is 0.211. The van der Waals surface area contributed by atoms with Crippen molar-refractivity contribution in [3.8, 4) is 0 Å². The molecule has 2 aromatic carbocycles. The number of hydrogen-bond acceptors (Lipinski definition) is 4. The second kappa shape index (κ2) is 10.4. The van der Waals surface area contributed by atoms with E-state index in [2.05, 4.69) is 10.6 Å². The van der Waals surface area contributed by atoms with E-state index in [1.165, 1.54) is 11.8 Å². The summed E-state index contributed by atoms with van der Waals surface area (Å²) >= 11 is 13.2. The van der Waals surface area contributed by atoms with E-state index in [-0.39, 0.29) is 29.9 Å². The summed E-state index contributed by atoms with van der Waals surface area (Å²) in [5.74, 6) is -1.57. The first-order valence-electron chi connectivity index (χ1n) is 8.29. The Kier molecular flexibility index (Phi) is 8.17. The van der Waals surface area contributed by atoms with Crippen LogP contribution in [0, 0.1) is 0 Å². The van der Waals surface area contributed by atoms with Crippen LogP contribution in [0.1, 0.15) is 19.8 Å². The first-order chi connectivity index (χ1) is 13.2. The fourth-order valence-electron chi connectivity index (χ4n) is 2.14. The largest absolute Gasteiger partial charge is 0.481 e. The Morgan fingerprint density at radius 2 is 1.61 bits per heavy atom. The van der Waals surface area contributed by atoms with Gasteiger partial charge in [-0.3, -0.25) is 14.4 Å². The third-order valence-electron chi connectivity index (χ3n) is 3.57. The molecule has 3 N–H and O–H groups in total. The third-order valence-corrected chi connectivity index (χ3v) is 5.42. The van der Waals surface area contributed by atoms with E-state index in [1.54, 1.807) is 49.4 Å². The molecule has 2 rings (SSSR count). The molecule has 1 atom stereocenters. The van der Waals surface area contributed by atoms with Gasteiger partial charge in [0.2, 0.25) is 11.8 Å². The molecule has 1 unspecified atom stereocenters. The first kappa shape index (κ1) is 22.1. The Morgan fingerprint density at radius 1 is 0.964 bits per heavy atom. The van der Waals surface area contributed by atoms with E-state index in [4.69, 9.17) is 28.3 Å². The second-order valence-electron chi connectivity index (χ2n) is 5.84. The maximum absolute atomic E-state index is 12.3. The topological polar surface area (TPSA) is 95.5 Å². The van der Waals surface area contributed by atoms with Crippen LogP contribution in [0.3, 0.4) is 0 Å². The van der Waals surface area contributed by atoms with Crippen molar-refractivity contribution >= 4 is 64.1 Å². The number of halogens is 2. The number of hydrogen-bond donors (Lipinski definition) is 3. The minimum absolute atomic E-state index is 0.0856. The lowest BCUT2D eigenvalue weighted by molar-refractivity contribution is -0.138. The van der Waals surface area contributed by atoms with E-state index in [9.17, 15) is 14.4 Å². The van der Waals surface area contributed by atoms with Gasteiger partial charge in [-0.05, 0) is 49.4 Å². The molecule has 0 heterocycles. The summed E-state index contributed by atoms with van der Waals surface area (Å²) in [6.07, 6.45) is -0.303. The minimum Gasteiger partial charge on any atom is -0.481 e. The molecule has 0 fully saturated rings. The zero-order chi connectivity index (χ0) is 20.7. The first-order valence-corrected chi connectivity index (χ1v) is 9.92. The predicted molar refractivity (Wildman–Crippen MR) is 112 cm³/mol. The van der Waals surface area contributed by atoms with Gasteiger partial charge in [0.05, 0.1) is 21.7 Å². The zero-order valence-corrected chi connectivity index (χ0v) is 17.2. The van der Waals surface area contributed by atoms with Gasteiger partial charge in [0, 0.05) is 22.7 Å². The molecule has 0 saturated carbocycles. The second-order valence-corrected chi connectivity index (χ2v) is 8.07. The van der Waals surface area contributed by atoms with Crippen molar-refractivity contribution in [2.45, 2.75) is 29.9 Å². The molecule has 0 bridgehead atoms. The standard InChI is InChI=1S/C19H18Cl2N2O4S/c1-11(19(27)23-13-4-7-15(20)16(21)10-13)28-14-5-2-12(3-6-14)22-17(24)8-9-18(25)26/h2-7,10-11H,8-9H2,1H3,(H,22,24)(H,23,27)(H,25,26). The van der Waals surface area contributed by atoms with Crippen molar-refractivity contribution in [2.75, 3.05) is 10.6 Å². The number of thioether (sulfide) groups is 1. The minimum atomic E-state index is -1.02. The van der Waals surface area contributed by atoms with Crippen LogP contribution in [-0.4, -0.2) is 28.1 Å². The molecule has 0 aliphatic heterocycles. The molecule has 0 radical (unpaired) electrons. The number of carboxylic acid groups (broad SMARTS) is 1. The van der Waals surface area contributed by atoms with Gasteiger partial charge in [-0.25, -0.2) is 0 Å². The third kappa shape index (κ3) is 7.07. The van der Waals surface area contributed by atoms with Crippen LogP contribution in [0.4, 0.5) is 11.4 Å². The maximum Gasteiger partial charge on any atom is 0.303 e. The van der Waals surface area contributed by atoms with E-state index in [1.807, 2.05) is 0 Å². The molecular weight excluding hydrogens is 423 g/mol. The molecule has 0 aliphatic carbocycles. The molecule has 0 spiro atoms. The fourth-order valence-corrected chi connectivity index (χ4v) is 3.30. The molecule has 28 heavy (non-hydrogen) atoms. The number of carbonyl (C=O) groups is 3. The summed E-state index contributed by atoms with van der Waals surface area (Å²) < 4.78 is 0. The molecule has 148 valence electrons. The number of rotatable bonds is 8. The van der Waals surface area contributed by atoms with E-state index in [0.29, 0.717) is 21.4 Å². The van der Waals surface area contributed by atoms with Crippen LogP contribution in [-0.2, 0) is 14.4 Å². The highest BCUT2D eigenvalue weighted by molar-refractivity contribution is 8.00. The average molecular weight is 441 g/mol. The van der Waals surface area contributed by atoms with Crippen molar-refractivity contribution in [2.24, 2.45) is 0 Å². The van der Waals surface area contributed by atoms with Crippen molar-refractivity contribution in [3.63, 3.8) is 0 Å². The molecular formula is C19H18Cl2N2O4S. The van der Waals surface area contributed by atoms with Gasteiger partial charge in [0.25, 0.3) is 0 Å². The van der Waals surface area contributed by atoms with Crippen LogP contribution in [0.5, 0.6) is 0 Å². The number of anilines is 2. The number of carboxylic acids is 1. The number of carbonyl (C=O) groups excluding carboxylic acids is 2. The molecule has 2 aromatic rings. The Labute approximate surface area is 176 Å². The van der Waals surface area contributed by atoms with Crippen LogP contribution in [0.15, 0.2) is 47.4 Å². The molecule has 0 saturated heterocycles. The normalized spacial score (nSPS) is 11.5. The van der Waals surface area contributed by atoms with Crippen LogP contribution >= 0.6 is 35.0 Å². The van der Waals surface area contributed by atoms with E-state index in [0.717, 1.165) is 4.90 Å². The van der Waals surface area contributed by atoms with E-state index < -0.39 is 5.97 Å². The highest BCUT2D eigenvalue weighted by atomic mass is 35.5. The van der Waals surface area contributed by atoms with Crippen LogP contribution < -0.4 is 10.6 Å². The van der Waals surface area contributed by atoms with Crippen molar-refractivity contribution in [1.29, 1.82) is 0 Å². The zero-order valence-electron chi connectivity index (χ0n) is 14.9. The molecule has 9 heteroatoms. The van der Waals surface area contributed by atoms with Crippen LogP contribution in [0.2, 0.25) is 10.0 Å². The number of aliphatic carboxylic acids is 1. The lowest BCUT2D eigenvalue weighted by Gasteiger charge is -2.13. The average Bonchev–Trinajstić information content (AvgIpc) is 2.64. The lowest BCUT2D eigenvalue weighted by Crippen LogP contribution is -2.22. The lowest BCUT2D eigenvalue weighted by atomic mass is 10.2. The number of nitrogens with one attached hydrogen (secondary N) is 2.